The molecule has 2 atom stereocenters. The summed E-state index contributed by atoms with van der Waals surface area (Å²) in [6.07, 6.45) is 4.59. The van der Waals surface area contributed by atoms with Gasteiger partial charge in [0.2, 0.25) is 0 Å². The molecule has 1 heteroatoms. The van der Waals surface area contributed by atoms with Crippen molar-refractivity contribution in [3.63, 3.8) is 0 Å². The van der Waals surface area contributed by atoms with Gasteiger partial charge in [0.15, 0.2) is 0 Å². The highest BCUT2D eigenvalue weighted by Crippen LogP contribution is 2.54. The Hall–Kier alpha value is -0.0400. The van der Waals surface area contributed by atoms with Gasteiger partial charge in [-0.3, -0.25) is 0 Å². The van der Waals surface area contributed by atoms with E-state index in [1.54, 1.807) is 6.42 Å². The number of hydrogen-bond donors (Lipinski definition) is 1. The third kappa shape index (κ3) is 1.76. The normalized spacial score (nSPS) is 41.2. The topological polar surface area (TPSA) is 12.0 Å². The molecular weight excluding hydrogens is 134 g/mol. The second-order valence-corrected chi connectivity index (χ2v) is 4.66. The number of nitrogens with one attached hydrogen (secondary N) is 1. The molecule has 0 heterocycles. The van der Waals surface area contributed by atoms with Crippen LogP contribution in [0.4, 0.5) is 0 Å². The van der Waals surface area contributed by atoms with Crippen LogP contribution in [0.25, 0.3) is 0 Å². The van der Waals surface area contributed by atoms with Crippen molar-refractivity contribution in [2.75, 3.05) is 6.54 Å². The van der Waals surface area contributed by atoms with E-state index in [-0.39, 0.29) is 0 Å². The standard InChI is InChI=1S/C10H19N/c1-7(2)11-6-8-3-9-5-10(9)4-8/h7-11H,3-6H2,1-2H3. The highest BCUT2D eigenvalue weighted by molar-refractivity contribution is 4.96. The lowest BCUT2D eigenvalue weighted by Crippen LogP contribution is -2.28. The van der Waals surface area contributed by atoms with Crippen LogP contribution in [-0.4, -0.2) is 12.6 Å². The van der Waals surface area contributed by atoms with E-state index in [0.717, 1.165) is 17.8 Å². The molecule has 0 spiro atoms. The Labute approximate surface area is 69.6 Å². The van der Waals surface area contributed by atoms with Gasteiger partial charge in [0.05, 0.1) is 0 Å². The number of rotatable bonds is 3. The second-order valence-electron chi connectivity index (χ2n) is 4.66. The van der Waals surface area contributed by atoms with E-state index >= 15 is 0 Å². The second kappa shape index (κ2) is 2.78. The van der Waals surface area contributed by atoms with Crippen molar-refractivity contribution < 1.29 is 0 Å². The highest BCUT2D eigenvalue weighted by atomic mass is 14.9. The summed E-state index contributed by atoms with van der Waals surface area (Å²) in [5.41, 5.74) is 0. The van der Waals surface area contributed by atoms with Gasteiger partial charge in [-0.15, -0.1) is 0 Å². The molecule has 0 aliphatic heterocycles. The van der Waals surface area contributed by atoms with Gasteiger partial charge in [0.1, 0.15) is 0 Å². The molecule has 2 aliphatic rings. The smallest absolute Gasteiger partial charge is 0.00104 e. The van der Waals surface area contributed by atoms with Crippen LogP contribution in [0, 0.1) is 17.8 Å². The fourth-order valence-electron chi connectivity index (χ4n) is 2.41. The molecule has 0 radical (unpaired) electrons. The number of fused-ring (bicyclic) bond motifs is 1. The van der Waals surface area contributed by atoms with Gasteiger partial charge < -0.3 is 5.32 Å². The lowest BCUT2D eigenvalue weighted by molar-refractivity contribution is 0.426. The SMILES string of the molecule is CC(C)NCC1CC2CC2C1. The lowest BCUT2D eigenvalue weighted by Gasteiger charge is -2.14. The van der Waals surface area contributed by atoms with Gasteiger partial charge in [-0.2, -0.15) is 0 Å². The van der Waals surface area contributed by atoms with Crippen LogP contribution in [0.5, 0.6) is 0 Å². The zero-order valence-electron chi connectivity index (χ0n) is 7.64. The van der Waals surface area contributed by atoms with E-state index < -0.39 is 0 Å². The van der Waals surface area contributed by atoms with Crippen LogP contribution >= 0.6 is 0 Å². The molecule has 2 aliphatic carbocycles. The summed E-state index contributed by atoms with van der Waals surface area (Å²) in [6, 6.07) is 0.673. The minimum Gasteiger partial charge on any atom is -0.314 e. The monoisotopic (exact) mass is 153 g/mol. The average molecular weight is 153 g/mol. The van der Waals surface area contributed by atoms with E-state index in [0.29, 0.717) is 6.04 Å². The third-order valence-corrected chi connectivity index (χ3v) is 3.16. The predicted octanol–water partition coefficient (Wildman–Crippen LogP) is 2.03. The van der Waals surface area contributed by atoms with E-state index in [9.17, 15) is 0 Å². The summed E-state index contributed by atoms with van der Waals surface area (Å²) in [4.78, 5) is 0. The summed E-state index contributed by atoms with van der Waals surface area (Å²) < 4.78 is 0. The average Bonchev–Trinajstić information content (AvgIpc) is 2.56. The fraction of sp³-hybridized carbons (Fsp3) is 1.00. The molecule has 2 saturated carbocycles. The van der Waals surface area contributed by atoms with Crippen LogP contribution in [0.2, 0.25) is 0 Å². The van der Waals surface area contributed by atoms with Crippen molar-refractivity contribution in [1.82, 2.24) is 5.32 Å². The van der Waals surface area contributed by atoms with E-state index in [1.165, 1.54) is 19.4 Å². The fourth-order valence-corrected chi connectivity index (χ4v) is 2.41. The Kier molecular flexibility index (Phi) is 1.92. The highest BCUT2D eigenvalue weighted by Gasteiger charge is 2.45. The minimum absolute atomic E-state index is 0.673. The molecular formula is C10H19N. The first-order valence-corrected chi connectivity index (χ1v) is 4.99. The van der Waals surface area contributed by atoms with Crippen molar-refractivity contribution in [3.8, 4) is 0 Å². The zero-order valence-corrected chi connectivity index (χ0v) is 7.64. The van der Waals surface area contributed by atoms with Gasteiger partial charge in [-0.05, 0) is 43.6 Å². The molecule has 0 amide bonds. The summed E-state index contributed by atoms with van der Waals surface area (Å²) >= 11 is 0. The van der Waals surface area contributed by atoms with Crippen molar-refractivity contribution in [2.45, 2.75) is 39.2 Å². The molecule has 1 nitrogen and oxygen atoms in total. The van der Waals surface area contributed by atoms with E-state index in [4.69, 9.17) is 0 Å². The molecule has 2 rings (SSSR count). The van der Waals surface area contributed by atoms with Crippen molar-refractivity contribution >= 4 is 0 Å². The summed E-state index contributed by atoms with van der Waals surface area (Å²) in [6.45, 7) is 5.73. The first kappa shape index (κ1) is 7.60. The Morgan fingerprint density at radius 3 is 2.36 bits per heavy atom. The van der Waals surface area contributed by atoms with Crippen molar-refractivity contribution in [3.05, 3.63) is 0 Å². The summed E-state index contributed by atoms with van der Waals surface area (Å²) in [7, 11) is 0. The molecule has 2 fully saturated rings. The molecule has 11 heavy (non-hydrogen) atoms. The molecule has 0 aromatic heterocycles. The largest absolute Gasteiger partial charge is 0.314 e. The van der Waals surface area contributed by atoms with Gasteiger partial charge in [-0.1, -0.05) is 13.8 Å². The molecule has 64 valence electrons. The van der Waals surface area contributed by atoms with Gasteiger partial charge >= 0.3 is 0 Å². The van der Waals surface area contributed by atoms with Crippen LogP contribution in [0.1, 0.15) is 33.1 Å². The quantitative estimate of drug-likeness (QED) is 0.654. The maximum absolute atomic E-state index is 3.53. The molecule has 2 unspecified atom stereocenters. The Morgan fingerprint density at radius 2 is 1.82 bits per heavy atom. The Bertz CT molecular complexity index is 132. The Balaban J connectivity index is 1.64. The maximum Gasteiger partial charge on any atom is 0.00104 e. The minimum atomic E-state index is 0.673. The van der Waals surface area contributed by atoms with Crippen LogP contribution in [0.15, 0.2) is 0 Å². The molecule has 0 bridgehead atoms. The van der Waals surface area contributed by atoms with Crippen LogP contribution < -0.4 is 5.32 Å². The van der Waals surface area contributed by atoms with Crippen molar-refractivity contribution in [1.29, 1.82) is 0 Å². The zero-order chi connectivity index (χ0) is 7.84. The van der Waals surface area contributed by atoms with Crippen LogP contribution in [-0.2, 0) is 0 Å². The molecule has 0 aromatic carbocycles. The first-order chi connectivity index (χ1) is 5.25. The van der Waals surface area contributed by atoms with E-state index in [2.05, 4.69) is 19.2 Å². The summed E-state index contributed by atoms with van der Waals surface area (Å²) in [5, 5.41) is 3.53. The maximum atomic E-state index is 3.53. The van der Waals surface area contributed by atoms with Gasteiger partial charge in [-0.25, -0.2) is 0 Å². The van der Waals surface area contributed by atoms with E-state index in [1.807, 2.05) is 0 Å². The molecule has 1 N–H and O–H groups in total. The Morgan fingerprint density at radius 1 is 1.18 bits per heavy atom. The van der Waals surface area contributed by atoms with Crippen LogP contribution in [0.3, 0.4) is 0 Å². The first-order valence-electron chi connectivity index (χ1n) is 4.99. The lowest BCUT2D eigenvalue weighted by atomic mass is 10.0. The van der Waals surface area contributed by atoms with Gasteiger partial charge in [0.25, 0.3) is 0 Å². The third-order valence-electron chi connectivity index (χ3n) is 3.16. The predicted molar refractivity (Wildman–Crippen MR) is 47.5 cm³/mol. The van der Waals surface area contributed by atoms with Crippen molar-refractivity contribution in [2.24, 2.45) is 17.8 Å². The van der Waals surface area contributed by atoms with Gasteiger partial charge in [0, 0.05) is 6.04 Å². The number of hydrogen-bond acceptors (Lipinski definition) is 1. The molecule has 0 aromatic rings. The molecule has 0 saturated heterocycles. The summed E-state index contributed by atoms with van der Waals surface area (Å²) in [5.74, 6) is 3.31.